The van der Waals surface area contributed by atoms with Crippen molar-refractivity contribution < 1.29 is 58.2 Å². The molecule has 0 saturated carbocycles. The molecule has 12 nitrogen and oxygen atoms in total. The van der Waals surface area contributed by atoms with Crippen LogP contribution in [0.15, 0.2) is 109 Å². The molecule has 424 valence electrons. The Morgan fingerprint density at radius 3 is 1.29 bits per heavy atom. The Hall–Kier alpha value is -4.62. The standard InChI is InChI=1S/C63H100O12/c1-4-7-10-13-16-19-22-24-26-28-30-32-35-37-40-43-46-49-55(64)71-52-54(73-56(65)50-47-44-41-38-34-21-18-15-12-9-6-3)53-72-63-61(59(68)58(67)60(75-63)62(69)70)74-57(66)51-48-45-42-39-36-33-31-29-27-25-23-20-17-14-11-8-5-2/h7-8,10-11,15-20,24-27,30-33,54,58-61,63,67-68H,4-6,9,12-14,21-23,28-29,34-53H2,1-3H3,(H,69,70)/b10-7-,11-8-,18-15-,19-16-,20-17-,26-24-,27-25-,32-30-,33-31-. The van der Waals surface area contributed by atoms with E-state index < -0.39 is 67.3 Å². The van der Waals surface area contributed by atoms with Gasteiger partial charge in [0.25, 0.3) is 0 Å². The van der Waals surface area contributed by atoms with E-state index in [1.807, 2.05) is 0 Å². The zero-order valence-electron chi connectivity index (χ0n) is 46.5. The van der Waals surface area contributed by atoms with E-state index in [9.17, 15) is 34.5 Å². The minimum absolute atomic E-state index is 0.0237. The zero-order chi connectivity index (χ0) is 54.7. The lowest BCUT2D eigenvalue weighted by Crippen LogP contribution is -2.61. The first-order valence-electron chi connectivity index (χ1n) is 28.9. The molecule has 1 aliphatic heterocycles. The normalized spacial score (nSPS) is 19.0. The van der Waals surface area contributed by atoms with E-state index in [2.05, 4.69) is 130 Å². The number of carbonyl (C=O) groups is 4. The van der Waals surface area contributed by atoms with E-state index in [1.54, 1.807) is 0 Å². The predicted octanol–water partition coefficient (Wildman–Crippen LogP) is 14.7. The van der Waals surface area contributed by atoms with Gasteiger partial charge < -0.3 is 39.0 Å². The number of aliphatic carboxylic acids is 1. The molecule has 1 aliphatic rings. The van der Waals surface area contributed by atoms with E-state index in [1.165, 1.54) is 12.8 Å². The quantitative estimate of drug-likeness (QED) is 0.0228. The van der Waals surface area contributed by atoms with Gasteiger partial charge >= 0.3 is 23.9 Å². The van der Waals surface area contributed by atoms with E-state index >= 15 is 0 Å². The van der Waals surface area contributed by atoms with Crippen LogP contribution in [0.1, 0.15) is 213 Å². The van der Waals surface area contributed by atoms with Crippen LogP contribution in [0.4, 0.5) is 0 Å². The Morgan fingerprint density at radius 2 is 0.840 bits per heavy atom. The molecular formula is C63H100O12. The number of aliphatic hydroxyl groups is 2. The van der Waals surface area contributed by atoms with Gasteiger partial charge in [-0.25, -0.2) is 4.79 Å². The van der Waals surface area contributed by atoms with Gasteiger partial charge in [-0.15, -0.1) is 0 Å². The molecule has 6 unspecified atom stereocenters. The van der Waals surface area contributed by atoms with Gasteiger partial charge in [0.15, 0.2) is 24.6 Å². The van der Waals surface area contributed by atoms with Gasteiger partial charge in [0.1, 0.15) is 18.8 Å². The summed E-state index contributed by atoms with van der Waals surface area (Å²) in [6, 6.07) is 0. The maximum Gasteiger partial charge on any atom is 0.335 e. The largest absolute Gasteiger partial charge is 0.479 e. The summed E-state index contributed by atoms with van der Waals surface area (Å²) in [5, 5.41) is 31.4. The SMILES string of the molecule is CC/C=C\C/C=C\C/C=C\C/C=C\CCCCCCC(=O)OCC(COC1OC(C(=O)O)C(O)C(O)C1OC(=O)CCCCCC/C=C\C/C=C\C/C=C\C/C=C\CC)OC(=O)CCCCCCC/C=C\CCCC. The van der Waals surface area contributed by atoms with E-state index in [-0.39, 0.29) is 25.9 Å². The summed E-state index contributed by atoms with van der Waals surface area (Å²) in [7, 11) is 0. The van der Waals surface area contributed by atoms with Crippen molar-refractivity contribution in [3.63, 3.8) is 0 Å². The lowest BCUT2D eigenvalue weighted by atomic mass is 9.98. The van der Waals surface area contributed by atoms with Crippen molar-refractivity contribution in [1.82, 2.24) is 0 Å². The maximum atomic E-state index is 13.1. The van der Waals surface area contributed by atoms with Crippen LogP contribution in [0, 0.1) is 0 Å². The monoisotopic (exact) mass is 1050 g/mol. The maximum absolute atomic E-state index is 13.1. The van der Waals surface area contributed by atoms with Crippen molar-refractivity contribution in [1.29, 1.82) is 0 Å². The molecule has 1 heterocycles. The van der Waals surface area contributed by atoms with Gasteiger partial charge in [-0.1, -0.05) is 188 Å². The van der Waals surface area contributed by atoms with Crippen molar-refractivity contribution in [3.8, 4) is 0 Å². The third-order valence-electron chi connectivity index (χ3n) is 12.3. The summed E-state index contributed by atoms with van der Waals surface area (Å²) in [6.45, 7) is 5.67. The van der Waals surface area contributed by atoms with Crippen molar-refractivity contribution in [3.05, 3.63) is 109 Å². The molecule has 0 amide bonds. The van der Waals surface area contributed by atoms with Crippen LogP contribution >= 0.6 is 0 Å². The molecule has 12 heteroatoms. The van der Waals surface area contributed by atoms with Crippen molar-refractivity contribution in [2.24, 2.45) is 0 Å². The first-order chi connectivity index (χ1) is 36.6. The van der Waals surface area contributed by atoms with Crippen LogP contribution in [0.25, 0.3) is 0 Å². The average Bonchev–Trinajstić information content (AvgIpc) is 3.39. The Kier molecular flexibility index (Phi) is 45.8. The number of aliphatic hydroxyl groups excluding tert-OH is 2. The zero-order valence-corrected chi connectivity index (χ0v) is 46.5. The Morgan fingerprint density at radius 1 is 0.453 bits per heavy atom. The molecule has 3 N–H and O–H groups in total. The van der Waals surface area contributed by atoms with Crippen molar-refractivity contribution >= 4 is 23.9 Å². The number of unbranched alkanes of at least 4 members (excludes halogenated alkanes) is 15. The number of hydrogen-bond donors (Lipinski definition) is 3. The summed E-state index contributed by atoms with van der Waals surface area (Å²) >= 11 is 0. The van der Waals surface area contributed by atoms with Crippen LogP contribution in [-0.4, -0.2) is 89.2 Å². The number of esters is 3. The highest BCUT2D eigenvalue weighted by Crippen LogP contribution is 2.26. The fraction of sp³-hybridized carbons (Fsp3) is 0.651. The molecular weight excluding hydrogens is 949 g/mol. The van der Waals surface area contributed by atoms with Crippen molar-refractivity contribution in [2.75, 3.05) is 13.2 Å². The highest BCUT2D eigenvalue weighted by molar-refractivity contribution is 5.74. The van der Waals surface area contributed by atoms with Crippen LogP contribution in [0.3, 0.4) is 0 Å². The van der Waals surface area contributed by atoms with Gasteiger partial charge in [-0.3, -0.25) is 14.4 Å². The summed E-state index contributed by atoms with van der Waals surface area (Å²) < 4.78 is 28.3. The second-order valence-electron chi connectivity index (χ2n) is 19.2. The number of rotatable bonds is 47. The third-order valence-corrected chi connectivity index (χ3v) is 12.3. The lowest BCUT2D eigenvalue weighted by Gasteiger charge is -2.40. The van der Waals surface area contributed by atoms with Crippen LogP contribution in [-0.2, 0) is 42.9 Å². The predicted molar refractivity (Wildman–Crippen MR) is 303 cm³/mol. The molecule has 0 aromatic heterocycles. The number of carboxylic acid groups (broad SMARTS) is 1. The van der Waals surface area contributed by atoms with Gasteiger partial charge in [-0.2, -0.15) is 0 Å². The molecule has 75 heavy (non-hydrogen) atoms. The summed E-state index contributed by atoms with van der Waals surface area (Å²) in [5.74, 6) is -3.21. The van der Waals surface area contributed by atoms with Crippen LogP contribution < -0.4 is 0 Å². The number of hydrogen-bond acceptors (Lipinski definition) is 11. The molecule has 0 aromatic carbocycles. The Labute approximate surface area is 453 Å². The van der Waals surface area contributed by atoms with Crippen LogP contribution in [0.5, 0.6) is 0 Å². The van der Waals surface area contributed by atoms with Gasteiger partial charge in [0, 0.05) is 19.3 Å². The molecule has 0 spiro atoms. The van der Waals surface area contributed by atoms with E-state index in [0.717, 1.165) is 141 Å². The third kappa shape index (κ3) is 40.3. The molecule has 1 rings (SSSR count). The molecule has 1 fully saturated rings. The second kappa shape index (κ2) is 50.2. The number of allylic oxidation sites excluding steroid dienone is 18. The lowest BCUT2D eigenvalue weighted by molar-refractivity contribution is -0.301. The summed E-state index contributed by atoms with van der Waals surface area (Å²) in [5.41, 5.74) is 0. The first kappa shape index (κ1) is 68.4. The van der Waals surface area contributed by atoms with Crippen LogP contribution in [0.2, 0.25) is 0 Å². The summed E-state index contributed by atoms with van der Waals surface area (Å²) in [4.78, 5) is 51.0. The second-order valence-corrected chi connectivity index (χ2v) is 19.2. The van der Waals surface area contributed by atoms with Gasteiger partial charge in [0.2, 0.25) is 0 Å². The number of carbonyl (C=O) groups excluding carboxylic acids is 3. The fourth-order valence-electron chi connectivity index (χ4n) is 7.92. The van der Waals surface area contributed by atoms with Gasteiger partial charge in [-0.05, 0) is 116 Å². The molecule has 6 atom stereocenters. The molecule has 1 saturated heterocycles. The van der Waals surface area contributed by atoms with E-state index in [0.29, 0.717) is 19.3 Å². The highest BCUT2D eigenvalue weighted by Gasteiger charge is 2.50. The first-order valence-corrected chi connectivity index (χ1v) is 28.9. The Balaban J connectivity index is 2.72. The smallest absolute Gasteiger partial charge is 0.335 e. The Bertz CT molecular complexity index is 1720. The average molecular weight is 1050 g/mol. The summed E-state index contributed by atoms with van der Waals surface area (Å²) in [6.07, 6.45) is 54.9. The fourth-order valence-corrected chi connectivity index (χ4v) is 7.92. The number of ether oxygens (including phenoxy) is 5. The highest BCUT2D eigenvalue weighted by atomic mass is 16.7. The minimum Gasteiger partial charge on any atom is -0.479 e. The molecule has 0 radical (unpaired) electrons. The number of carboxylic acids is 1. The molecule has 0 bridgehead atoms. The van der Waals surface area contributed by atoms with Crippen molar-refractivity contribution in [2.45, 2.75) is 250 Å². The minimum atomic E-state index is -1.92. The van der Waals surface area contributed by atoms with E-state index in [4.69, 9.17) is 23.7 Å². The van der Waals surface area contributed by atoms with Gasteiger partial charge in [0.05, 0.1) is 6.61 Å². The molecule has 0 aliphatic carbocycles. The topological polar surface area (TPSA) is 175 Å². The molecule has 0 aromatic rings.